The third-order valence-corrected chi connectivity index (χ3v) is 5.70. The van der Waals surface area contributed by atoms with Gasteiger partial charge in [0.2, 0.25) is 0 Å². The molecule has 6 nitrogen and oxygen atoms in total. The molecule has 6 heteroatoms. The van der Waals surface area contributed by atoms with E-state index in [1.165, 1.54) is 4.90 Å². The molecule has 1 unspecified atom stereocenters. The Balaban J connectivity index is 1.91. The lowest BCUT2D eigenvalue weighted by molar-refractivity contribution is -0.905. The van der Waals surface area contributed by atoms with Crippen LogP contribution in [0.4, 0.5) is 0 Å². The third-order valence-electron chi connectivity index (χ3n) is 5.70. The molecule has 1 aromatic heterocycles. The smallest absolute Gasteiger partial charge is 0.161 e. The summed E-state index contributed by atoms with van der Waals surface area (Å²) >= 11 is 0. The summed E-state index contributed by atoms with van der Waals surface area (Å²) in [5.41, 5.74) is 4.35. The molecule has 0 fully saturated rings. The zero-order valence-electron chi connectivity index (χ0n) is 18.0. The Morgan fingerprint density at radius 3 is 2.68 bits per heavy atom. The highest BCUT2D eigenvalue weighted by atomic mass is 16.5. The van der Waals surface area contributed by atoms with Gasteiger partial charge in [-0.15, -0.1) is 0 Å². The summed E-state index contributed by atoms with van der Waals surface area (Å²) in [6.45, 7) is 6.82. The van der Waals surface area contributed by atoms with Crippen molar-refractivity contribution in [1.29, 1.82) is 0 Å². The number of rotatable bonds is 6. The number of pyridine rings is 1. The molecule has 0 bridgehead atoms. The van der Waals surface area contributed by atoms with Gasteiger partial charge < -0.3 is 24.3 Å². The monoisotopic (exact) mass is 418 g/mol. The van der Waals surface area contributed by atoms with Crippen LogP contribution >= 0.6 is 0 Å². The van der Waals surface area contributed by atoms with Gasteiger partial charge in [-0.05, 0) is 43.7 Å². The van der Waals surface area contributed by atoms with E-state index < -0.39 is 5.97 Å². The Kier molecular flexibility index (Phi) is 5.91. The van der Waals surface area contributed by atoms with Gasteiger partial charge in [-0.2, -0.15) is 0 Å². The summed E-state index contributed by atoms with van der Waals surface area (Å²) in [7, 11) is 1.62. The predicted molar refractivity (Wildman–Crippen MR) is 118 cm³/mol. The number of methoxy groups -OCH3 is 1. The molecule has 160 valence electrons. The summed E-state index contributed by atoms with van der Waals surface area (Å²) < 4.78 is 11.1. The Labute approximate surface area is 181 Å². The second kappa shape index (κ2) is 8.78. The minimum Gasteiger partial charge on any atom is -0.545 e. The second-order valence-electron chi connectivity index (χ2n) is 7.59. The molecule has 31 heavy (non-hydrogen) atoms. The van der Waals surface area contributed by atoms with Gasteiger partial charge in [0.25, 0.3) is 0 Å². The number of hydrogen-bond acceptors (Lipinski definition) is 5. The van der Waals surface area contributed by atoms with Crippen molar-refractivity contribution in [3.8, 4) is 11.5 Å². The number of hydrogen-bond donors (Lipinski definition) is 1. The number of carboxylic acids is 1. The number of aromatic nitrogens is 1. The Bertz CT molecular complexity index is 1170. The fourth-order valence-electron chi connectivity index (χ4n) is 4.21. The third kappa shape index (κ3) is 3.99. The number of aromatic carboxylic acids is 1. The number of carbonyl (C=O) groups excluding carboxylic acids is 1. The van der Waals surface area contributed by atoms with Gasteiger partial charge in [-0.1, -0.05) is 24.3 Å². The van der Waals surface area contributed by atoms with Gasteiger partial charge in [-0.3, -0.25) is 0 Å². The molecule has 3 aromatic rings. The summed E-state index contributed by atoms with van der Waals surface area (Å²) in [4.78, 5) is 18.3. The number of nitrogens with one attached hydrogen (secondary N) is 1. The number of ether oxygens (including phenoxy) is 2. The van der Waals surface area contributed by atoms with Gasteiger partial charge in [0, 0.05) is 22.1 Å². The summed E-state index contributed by atoms with van der Waals surface area (Å²) in [6, 6.07) is 13.1. The highest BCUT2D eigenvalue weighted by Crippen LogP contribution is 2.32. The number of likely N-dealkylation sites (N-methyl/N-ethyl adjacent to an activating group) is 1. The lowest BCUT2D eigenvalue weighted by atomic mass is 9.92. The summed E-state index contributed by atoms with van der Waals surface area (Å²) in [6.07, 6.45) is 2.07. The molecular weight excluding hydrogens is 392 g/mol. The minimum atomic E-state index is -1.16. The number of carboxylic acid groups (broad SMARTS) is 1. The molecule has 0 saturated carbocycles. The maximum absolute atomic E-state index is 12.1. The van der Waals surface area contributed by atoms with E-state index in [1.54, 1.807) is 13.2 Å². The van der Waals surface area contributed by atoms with E-state index in [4.69, 9.17) is 14.5 Å². The molecule has 4 rings (SSSR count). The Hall–Kier alpha value is -3.38. The number of para-hydroxylation sites is 1. The summed E-state index contributed by atoms with van der Waals surface area (Å²) in [5, 5.41) is 12.8. The first-order valence-corrected chi connectivity index (χ1v) is 10.5. The Morgan fingerprint density at radius 1 is 1.16 bits per heavy atom. The standard InChI is InChI=1S/C25H26N2O4/c1-4-27-14-17(12-16-10-11-21(30-3)22(13-16)31-5-2)24-19(15-27)23(25(28)29)18-8-6-7-9-20(18)26-24/h6-13H,4-5,14-15H2,1-3H3,(H,28,29)/b17-12+. The first-order valence-electron chi connectivity index (χ1n) is 10.5. The zero-order chi connectivity index (χ0) is 22.0. The Morgan fingerprint density at radius 2 is 1.97 bits per heavy atom. The van der Waals surface area contributed by atoms with Crippen LogP contribution in [-0.2, 0) is 6.54 Å². The van der Waals surface area contributed by atoms with Gasteiger partial charge in [0.05, 0.1) is 37.4 Å². The van der Waals surface area contributed by atoms with Crippen molar-refractivity contribution in [2.75, 3.05) is 26.8 Å². The maximum atomic E-state index is 12.1. The molecule has 2 heterocycles. The van der Waals surface area contributed by atoms with Crippen LogP contribution in [0, 0.1) is 0 Å². The van der Waals surface area contributed by atoms with Crippen LogP contribution in [0.15, 0.2) is 42.5 Å². The fourth-order valence-corrected chi connectivity index (χ4v) is 4.21. The largest absolute Gasteiger partial charge is 0.545 e. The van der Waals surface area contributed by atoms with Crippen molar-refractivity contribution >= 4 is 28.5 Å². The molecule has 1 aliphatic heterocycles. The van der Waals surface area contributed by atoms with Crippen molar-refractivity contribution in [3.63, 3.8) is 0 Å². The number of carbonyl (C=O) groups is 1. The fraction of sp³-hybridized carbons (Fsp3) is 0.280. The van der Waals surface area contributed by atoms with Gasteiger partial charge >= 0.3 is 0 Å². The van der Waals surface area contributed by atoms with Gasteiger partial charge in [-0.25, -0.2) is 4.98 Å². The van der Waals surface area contributed by atoms with Gasteiger partial charge in [0.1, 0.15) is 13.1 Å². The molecule has 0 amide bonds. The number of nitrogens with zero attached hydrogens (tertiary/aromatic N) is 1. The second-order valence-corrected chi connectivity index (χ2v) is 7.59. The van der Waals surface area contributed by atoms with E-state index in [2.05, 4.69) is 13.0 Å². The maximum Gasteiger partial charge on any atom is 0.161 e. The van der Waals surface area contributed by atoms with E-state index in [1.807, 2.05) is 43.3 Å². The van der Waals surface area contributed by atoms with Crippen LogP contribution in [-0.4, -0.2) is 37.8 Å². The average molecular weight is 418 g/mol. The van der Waals surface area contributed by atoms with Crippen LogP contribution in [0.25, 0.3) is 22.6 Å². The predicted octanol–water partition coefficient (Wildman–Crippen LogP) is 1.96. The molecule has 0 radical (unpaired) electrons. The van der Waals surface area contributed by atoms with E-state index in [-0.39, 0.29) is 5.56 Å². The minimum absolute atomic E-state index is 0.252. The zero-order valence-corrected chi connectivity index (χ0v) is 18.0. The van der Waals surface area contributed by atoms with Crippen LogP contribution in [0.3, 0.4) is 0 Å². The highest BCUT2D eigenvalue weighted by Gasteiger charge is 2.28. The van der Waals surface area contributed by atoms with Crippen molar-refractivity contribution in [3.05, 3.63) is 64.8 Å². The van der Waals surface area contributed by atoms with Crippen LogP contribution < -0.4 is 19.5 Å². The topological polar surface area (TPSA) is 75.9 Å². The quantitative estimate of drug-likeness (QED) is 0.662. The lowest BCUT2D eigenvalue weighted by Gasteiger charge is -2.29. The van der Waals surface area contributed by atoms with Crippen molar-refractivity contribution in [2.24, 2.45) is 0 Å². The highest BCUT2D eigenvalue weighted by molar-refractivity contribution is 6.05. The van der Waals surface area contributed by atoms with Crippen LogP contribution in [0.1, 0.15) is 41.0 Å². The van der Waals surface area contributed by atoms with E-state index >= 15 is 0 Å². The molecule has 1 aliphatic rings. The van der Waals surface area contributed by atoms with Gasteiger partial charge in [0.15, 0.2) is 11.5 Å². The summed E-state index contributed by atoms with van der Waals surface area (Å²) in [5.74, 6) is 0.198. The van der Waals surface area contributed by atoms with Crippen molar-refractivity contribution in [1.82, 2.24) is 4.98 Å². The van der Waals surface area contributed by atoms with Crippen LogP contribution in [0.2, 0.25) is 0 Å². The molecule has 0 saturated heterocycles. The molecule has 2 aromatic carbocycles. The number of quaternary nitrogens is 1. The van der Waals surface area contributed by atoms with E-state index in [9.17, 15) is 9.90 Å². The molecule has 0 spiro atoms. The van der Waals surface area contributed by atoms with Crippen molar-refractivity contribution < 1.29 is 24.3 Å². The average Bonchev–Trinajstić information content (AvgIpc) is 2.77. The first-order chi connectivity index (χ1) is 15.0. The van der Waals surface area contributed by atoms with Crippen LogP contribution in [0.5, 0.6) is 11.5 Å². The van der Waals surface area contributed by atoms with Crippen molar-refractivity contribution in [2.45, 2.75) is 20.4 Å². The normalized spacial score (nSPS) is 16.9. The molecule has 1 N–H and O–H groups in total. The first kappa shape index (κ1) is 20.9. The molecule has 1 atom stereocenters. The molecule has 0 aliphatic carbocycles. The van der Waals surface area contributed by atoms with E-state index in [0.717, 1.165) is 35.5 Å². The number of benzene rings is 2. The molecular formula is C25H26N2O4. The lowest BCUT2D eigenvalue weighted by Crippen LogP contribution is -3.11. The van der Waals surface area contributed by atoms with E-state index in [0.29, 0.717) is 35.6 Å². The number of fused-ring (bicyclic) bond motifs is 2. The SMILES string of the molecule is CCOc1cc(/C=C2\C[NH+](CC)Cc3c2nc2ccccc2c3C(=O)[O-])ccc1OC.